The first-order valence-electron chi connectivity index (χ1n) is 5.14. The Kier molecular flexibility index (Phi) is 4.54. The van der Waals surface area contributed by atoms with E-state index in [1.165, 1.54) is 0 Å². The maximum Gasteiger partial charge on any atom is 0.330 e. The first-order chi connectivity index (χ1) is 7.47. The molecule has 0 aromatic rings. The molecular formula is C10H13F4NO. The maximum atomic E-state index is 12.6. The number of nitriles is 1. The molecule has 1 saturated carbocycles. The van der Waals surface area contributed by atoms with E-state index in [0.29, 0.717) is 12.8 Å². The van der Waals surface area contributed by atoms with Crippen molar-refractivity contribution in [2.45, 2.75) is 44.1 Å². The third kappa shape index (κ3) is 3.34. The monoisotopic (exact) mass is 239 g/mol. The number of halogens is 4. The lowest BCUT2D eigenvalue weighted by molar-refractivity contribution is -0.181. The molecule has 0 aliphatic heterocycles. The van der Waals surface area contributed by atoms with Crippen molar-refractivity contribution in [2.24, 2.45) is 5.92 Å². The Bertz CT molecular complexity index is 264. The van der Waals surface area contributed by atoms with Crippen molar-refractivity contribution in [2.75, 3.05) is 6.61 Å². The SMILES string of the molecule is N#CC1CCCCC1OCC(F)(F)C(F)F. The van der Waals surface area contributed by atoms with Crippen molar-refractivity contribution in [3.05, 3.63) is 0 Å². The van der Waals surface area contributed by atoms with E-state index >= 15 is 0 Å². The van der Waals surface area contributed by atoms with Gasteiger partial charge in [0.15, 0.2) is 0 Å². The van der Waals surface area contributed by atoms with Crippen LogP contribution in [0.1, 0.15) is 25.7 Å². The Morgan fingerprint density at radius 1 is 1.31 bits per heavy atom. The third-order valence-electron chi connectivity index (χ3n) is 2.68. The zero-order valence-electron chi connectivity index (χ0n) is 8.63. The topological polar surface area (TPSA) is 33.0 Å². The second-order valence-electron chi connectivity index (χ2n) is 3.93. The molecule has 0 radical (unpaired) electrons. The van der Waals surface area contributed by atoms with Crippen LogP contribution in [-0.2, 0) is 4.74 Å². The van der Waals surface area contributed by atoms with Gasteiger partial charge in [-0.3, -0.25) is 0 Å². The van der Waals surface area contributed by atoms with Gasteiger partial charge < -0.3 is 4.74 Å². The molecule has 0 heterocycles. The van der Waals surface area contributed by atoms with Crippen LogP contribution in [0.4, 0.5) is 17.6 Å². The van der Waals surface area contributed by atoms with Crippen LogP contribution >= 0.6 is 0 Å². The molecule has 1 rings (SSSR count). The highest BCUT2D eigenvalue weighted by molar-refractivity contribution is 4.92. The first-order valence-corrected chi connectivity index (χ1v) is 5.14. The first kappa shape index (κ1) is 13.2. The van der Waals surface area contributed by atoms with Crippen molar-refractivity contribution < 1.29 is 22.3 Å². The van der Waals surface area contributed by atoms with Gasteiger partial charge in [0.1, 0.15) is 6.61 Å². The van der Waals surface area contributed by atoms with Gasteiger partial charge in [-0.1, -0.05) is 12.8 Å². The molecule has 2 atom stereocenters. The van der Waals surface area contributed by atoms with Crippen LogP contribution in [0.5, 0.6) is 0 Å². The van der Waals surface area contributed by atoms with Gasteiger partial charge in [-0.25, -0.2) is 8.78 Å². The number of hydrogen-bond donors (Lipinski definition) is 0. The van der Waals surface area contributed by atoms with Crippen molar-refractivity contribution in [1.82, 2.24) is 0 Å². The smallest absolute Gasteiger partial charge is 0.330 e. The van der Waals surface area contributed by atoms with E-state index in [-0.39, 0.29) is 0 Å². The average molecular weight is 239 g/mol. The molecule has 0 aromatic carbocycles. The highest BCUT2D eigenvalue weighted by Crippen LogP contribution is 2.29. The summed E-state index contributed by atoms with van der Waals surface area (Å²) < 4.78 is 53.6. The van der Waals surface area contributed by atoms with E-state index in [9.17, 15) is 17.6 Å². The molecule has 6 heteroatoms. The fourth-order valence-corrected chi connectivity index (χ4v) is 1.73. The molecule has 92 valence electrons. The Labute approximate surface area is 91.2 Å². The molecule has 1 aliphatic carbocycles. The maximum absolute atomic E-state index is 12.6. The summed E-state index contributed by atoms with van der Waals surface area (Å²) in [6.45, 7) is -1.31. The van der Waals surface area contributed by atoms with Crippen LogP contribution < -0.4 is 0 Å². The van der Waals surface area contributed by atoms with E-state index < -0.39 is 31.0 Å². The predicted octanol–water partition coefficient (Wildman–Crippen LogP) is 2.99. The van der Waals surface area contributed by atoms with Gasteiger partial charge in [-0.05, 0) is 12.8 Å². The van der Waals surface area contributed by atoms with E-state index in [4.69, 9.17) is 10.00 Å². The van der Waals surface area contributed by atoms with Gasteiger partial charge in [-0.2, -0.15) is 14.0 Å². The van der Waals surface area contributed by atoms with E-state index in [1.807, 2.05) is 6.07 Å². The molecular weight excluding hydrogens is 226 g/mol. The molecule has 16 heavy (non-hydrogen) atoms. The highest BCUT2D eigenvalue weighted by atomic mass is 19.3. The van der Waals surface area contributed by atoms with Crippen LogP contribution in [0.25, 0.3) is 0 Å². The van der Waals surface area contributed by atoms with E-state index in [0.717, 1.165) is 12.8 Å². The van der Waals surface area contributed by atoms with E-state index in [1.54, 1.807) is 0 Å². The summed E-state index contributed by atoms with van der Waals surface area (Å²) >= 11 is 0. The molecule has 2 nitrogen and oxygen atoms in total. The summed E-state index contributed by atoms with van der Waals surface area (Å²) in [7, 11) is 0. The largest absolute Gasteiger partial charge is 0.370 e. The molecule has 0 spiro atoms. The molecule has 0 amide bonds. The zero-order chi connectivity index (χ0) is 12.2. The summed E-state index contributed by atoms with van der Waals surface area (Å²) in [4.78, 5) is 0. The fourth-order valence-electron chi connectivity index (χ4n) is 1.73. The van der Waals surface area contributed by atoms with Crippen molar-refractivity contribution in [1.29, 1.82) is 5.26 Å². The summed E-state index contributed by atoms with van der Waals surface area (Å²) in [6.07, 6.45) is -1.66. The second kappa shape index (κ2) is 5.48. The second-order valence-corrected chi connectivity index (χ2v) is 3.93. The normalized spacial score (nSPS) is 26.8. The highest BCUT2D eigenvalue weighted by Gasteiger charge is 2.42. The summed E-state index contributed by atoms with van der Waals surface area (Å²) in [5, 5.41) is 8.73. The molecule has 0 aromatic heterocycles. The minimum atomic E-state index is -4.13. The lowest BCUT2D eigenvalue weighted by Crippen LogP contribution is -2.37. The van der Waals surface area contributed by atoms with Gasteiger partial charge in [0, 0.05) is 0 Å². The van der Waals surface area contributed by atoms with Crippen molar-refractivity contribution in [3.8, 4) is 6.07 Å². The zero-order valence-corrected chi connectivity index (χ0v) is 8.63. The quantitative estimate of drug-likeness (QED) is 0.706. The molecule has 0 bridgehead atoms. The van der Waals surface area contributed by atoms with Gasteiger partial charge in [0.25, 0.3) is 0 Å². The van der Waals surface area contributed by atoms with Gasteiger partial charge in [0.05, 0.1) is 18.1 Å². The number of alkyl halides is 4. The molecule has 2 unspecified atom stereocenters. The van der Waals surface area contributed by atoms with Crippen molar-refractivity contribution >= 4 is 0 Å². The van der Waals surface area contributed by atoms with Crippen LogP contribution in [0, 0.1) is 17.2 Å². The van der Waals surface area contributed by atoms with Crippen molar-refractivity contribution in [3.63, 3.8) is 0 Å². The van der Waals surface area contributed by atoms with Gasteiger partial charge in [-0.15, -0.1) is 0 Å². The molecule has 1 fully saturated rings. The summed E-state index contributed by atoms with van der Waals surface area (Å²) in [5.74, 6) is -4.58. The number of hydrogen-bond acceptors (Lipinski definition) is 2. The minimum absolute atomic E-state index is 0.456. The number of ether oxygens (including phenoxy) is 1. The Balaban J connectivity index is 2.44. The van der Waals surface area contributed by atoms with Crippen LogP contribution in [0.2, 0.25) is 0 Å². The molecule has 1 aliphatic rings. The Morgan fingerprint density at radius 2 is 1.94 bits per heavy atom. The third-order valence-corrected chi connectivity index (χ3v) is 2.68. The number of nitrogens with zero attached hydrogens (tertiary/aromatic N) is 1. The lowest BCUT2D eigenvalue weighted by Gasteiger charge is -2.28. The average Bonchev–Trinajstić information content (AvgIpc) is 2.26. The van der Waals surface area contributed by atoms with Gasteiger partial charge in [0.2, 0.25) is 0 Å². The lowest BCUT2D eigenvalue weighted by atomic mass is 9.87. The minimum Gasteiger partial charge on any atom is -0.370 e. The molecule has 0 saturated heterocycles. The van der Waals surface area contributed by atoms with E-state index in [2.05, 4.69) is 0 Å². The predicted molar refractivity (Wildman–Crippen MR) is 48.3 cm³/mol. The van der Waals surface area contributed by atoms with Crippen LogP contribution in [0.3, 0.4) is 0 Å². The Morgan fingerprint density at radius 3 is 2.50 bits per heavy atom. The summed E-state index contributed by atoms with van der Waals surface area (Å²) in [5.41, 5.74) is 0. The van der Waals surface area contributed by atoms with Gasteiger partial charge >= 0.3 is 12.3 Å². The Hall–Kier alpha value is -0.830. The van der Waals surface area contributed by atoms with Crippen LogP contribution in [0.15, 0.2) is 0 Å². The number of rotatable bonds is 4. The summed E-state index contributed by atoms with van der Waals surface area (Å²) in [6, 6.07) is 1.96. The molecule has 0 N–H and O–H groups in total. The standard InChI is InChI=1S/C10H13F4NO/c11-9(12)10(13,14)6-16-8-4-2-1-3-7(8)5-15/h7-9H,1-4,6H2. The van der Waals surface area contributed by atoms with Crippen LogP contribution in [-0.4, -0.2) is 25.1 Å². The fraction of sp³-hybridized carbons (Fsp3) is 0.900.